The molecule has 2 heteroatoms. The number of carbonyl (C=O) groups is 1. The van der Waals surface area contributed by atoms with Gasteiger partial charge >= 0.3 is 0 Å². The topological polar surface area (TPSA) is 43.1 Å². The Bertz CT molecular complexity index is 455. The van der Waals surface area contributed by atoms with Crippen LogP contribution in [0.4, 0.5) is 0 Å². The molecule has 2 nitrogen and oxygen atoms in total. The zero-order chi connectivity index (χ0) is 18.2. The molecule has 1 saturated carbocycles. The molecule has 0 radical (unpaired) electrons. The third kappa shape index (κ3) is 12.4. The average molecular weight is 344 g/mol. The molecule has 1 aliphatic carbocycles. The van der Waals surface area contributed by atoms with Crippen molar-refractivity contribution in [2.75, 3.05) is 0 Å². The van der Waals surface area contributed by atoms with Crippen molar-refractivity contribution in [3.05, 3.63) is 48.6 Å². The van der Waals surface area contributed by atoms with Gasteiger partial charge in [-0.05, 0) is 63.7 Å². The largest absolute Gasteiger partial charge is 0.369 e. The number of nitrogens with two attached hydrogens (primary N) is 1. The van der Waals surface area contributed by atoms with E-state index in [-0.39, 0.29) is 11.8 Å². The Kier molecular flexibility index (Phi) is 12.7. The smallest absolute Gasteiger partial charge is 0.220 e. The lowest BCUT2D eigenvalue weighted by molar-refractivity contribution is -0.122. The highest BCUT2D eigenvalue weighted by molar-refractivity contribution is 5.77. The molecule has 2 N–H and O–H groups in total. The number of carbonyl (C=O) groups excluding carboxylic acids is 1. The van der Waals surface area contributed by atoms with E-state index in [2.05, 4.69) is 55.5 Å². The molecule has 1 rings (SSSR count). The van der Waals surface area contributed by atoms with Gasteiger partial charge in [0.2, 0.25) is 5.91 Å². The highest BCUT2D eigenvalue weighted by Gasteiger charge is 2.33. The van der Waals surface area contributed by atoms with Gasteiger partial charge in [0.1, 0.15) is 0 Å². The van der Waals surface area contributed by atoms with E-state index >= 15 is 0 Å². The Labute approximate surface area is 155 Å². The van der Waals surface area contributed by atoms with Crippen molar-refractivity contribution in [2.45, 2.75) is 77.6 Å². The number of hydrogen-bond donors (Lipinski definition) is 1. The van der Waals surface area contributed by atoms with Gasteiger partial charge in [0, 0.05) is 5.92 Å². The molecule has 1 fully saturated rings. The first-order chi connectivity index (χ1) is 12.3. The summed E-state index contributed by atoms with van der Waals surface area (Å²) in [5.74, 6) is 0.563. The van der Waals surface area contributed by atoms with Crippen LogP contribution in [0.25, 0.3) is 0 Å². The zero-order valence-electron chi connectivity index (χ0n) is 16.0. The molecule has 1 amide bonds. The second-order valence-electron chi connectivity index (χ2n) is 7.01. The summed E-state index contributed by atoms with van der Waals surface area (Å²) in [7, 11) is 0. The normalized spacial score (nSPS) is 16.7. The summed E-state index contributed by atoms with van der Waals surface area (Å²) < 4.78 is 0. The molecule has 0 saturated heterocycles. The van der Waals surface area contributed by atoms with Crippen molar-refractivity contribution in [3.8, 4) is 0 Å². The van der Waals surface area contributed by atoms with Gasteiger partial charge in [-0.3, -0.25) is 4.79 Å². The van der Waals surface area contributed by atoms with Crippen LogP contribution in [0.3, 0.4) is 0 Å². The van der Waals surface area contributed by atoms with Crippen LogP contribution in [-0.4, -0.2) is 5.91 Å². The summed E-state index contributed by atoms with van der Waals surface area (Å²) in [6.45, 7) is 2.24. The van der Waals surface area contributed by atoms with E-state index in [1.807, 2.05) is 0 Å². The van der Waals surface area contributed by atoms with Crippen LogP contribution < -0.4 is 5.73 Å². The Balaban J connectivity index is 1.96. The number of amides is 1. The molecular weight excluding hydrogens is 306 g/mol. The van der Waals surface area contributed by atoms with Gasteiger partial charge < -0.3 is 5.73 Å². The highest BCUT2D eigenvalue weighted by Crippen LogP contribution is 2.38. The van der Waals surface area contributed by atoms with Gasteiger partial charge in [-0.15, -0.1) is 0 Å². The standard InChI is InChI=1S/C23H37NO/c1-2-3-4-5-6-7-8-9-10-11-12-13-14-15-16-17-18-22(23(24)25)21-19-20-21/h6-7,9-10,12-13,15-16,21-22H,2-5,8,11,14,17-20H2,1H3,(H2,24,25). The van der Waals surface area contributed by atoms with Crippen LogP contribution in [0.2, 0.25) is 0 Å². The molecule has 1 aliphatic rings. The predicted octanol–water partition coefficient (Wildman–Crippen LogP) is 6.25. The van der Waals surface area contributed by atoms with Gasteiger partial charge in [0.05, 0.1) is 0 Å². The van der Waals surface area contributed by atoms with Crippen molar-refractivity contribution in [2.24, 2.45) is 17.6 Å². The molecule has 0 bridgehead atoms. The van der Waals surface area contributed by atoms with Crippen LogP contribution in [-0.2, 0) is 4.79 Å². The molecule has 1 unspecified atom stereocenters. The number of rotatable bonds is 15. The third-order valence-corrected chi connectivity index (χ3v) is 4.66. The summed E-state index contributed by atoms with van der Waals surface area (Å²) >= 11 is 0. The van der Waals surface area contributed by atoms with Crippen LogP contribution >= 0.6 is 0 Å². The lowest BCUT2D eigenvalue weighted by atomic mass is 9.97. The van der Waals surface area contributed by atoms with E-state index in [0.717, 1.165) is 32.1 Å². The fourth-order valence-corrected chi connectivity index (χ4v) is 2.95. The first kappa shape index (κ1) is 21.5. The van der Waals surface area contributed by atoms with Gasteiger partial charge in [-0.25, -0.2) is 0 Å². The van der Waals surface area contributed by atoms with E-state index in [0.29, 0.717) is 5.92 Å². The zero-order valence-corrected chi connectivity index (χ0v) is 16.0. The fourth-order valence-electron chi connectivity index (χ4n) is 2.95. The van der Waals surface area contributed by atoms with Crippen molar-refractivity contribution < 1.29 is 4.79 Å². The Morgan fingerprint density at radius 3 is 1.88 bits per heavy atom. The monoisotopic (exact) mass is 343 g/mol. The summed E-state index contributed by atoms with van der Waals surface area (Å²) in [4.78, 5) is 11.3. The summed E-state index contributed by atoms with van der Waals surface area (Å²) in [5, 5.41) is 0. The fraction of sp³-hybridized carbons (Fsp3) is 0.609. The van der Waals surface area contributed by atoms with Crippen LogP contribution in [0.1, 0.15) is 77.6 Å². The van der Waals surface area contributed by atoms with Crippen molar-refractivity contribution in [3.63, 3.8) is 0 Å². The summed E-state index contributed by atoms with van der Waals surface area (Å²) in [6, 6.07) is 0. The molecule has 0 heterocycles. The third-order valence-electron chi connectivity index (χ3n) is 4.66. The maximum absolute atomic E-state index is 11.3. The van der Waals surface area contributed by atoms with Gasteiger partial charge in [0.15, 0.2) is 0 Å². The minimum atomic E-state index is -0.113. The predicted molar refractivity (Wildman–Crippen MR) is 109 cm³/mol. The number of hydrogen-bond acceptors (Lipinski definition) is 1. The second kappa shape index (κ2) is 14.7. The Hall–Kier alpha value is -1.57. The number of allylic oxidation sites excluding steroid dienone is 8. The Morgan fingerprint density at radius 1 is 0.880 bits per heavy atom. The Morgan fingerprint density at radius 2 is 1.40 bits per heavy atom. The highest BCUT2D eigenvalue weighted by atomic mass is 16.1. The molecule has 25 heavy (non-hydrogen) atoms. The quantitative estimate of drug-likeness (QED) is 0.277. The van der Waals surface area contributed by atoms with E-state index < -0.39 is 0 Å². The van der Waals surface area contributed by atoms with E-state index in [4.69, 9.17) is 5.73 Å². The van der Waals surface area contributed by atoms with Gasteiger partial charge in [-0.2, -0.15) is 0 Å². The minimum absolute atomic E-state index is 0.103. The molecule has 0 aliphatic heterocycles. The molecule has 0 aromatic heterocycles. The molecule has 1 atom stereocenters. The molecule has 0 spiro atoms. The maximum atomic E-state index is 11.3. The van der Waals surface area contributed by atoms with Crippen LogP contribution in [0.5, 0.6) is 0 Å². The molecular formula is C23H37NO. The summed E-state index contributed by atoms with van der Waals surface area (Å²) in [5.41, 5.74) is 5.46. The van der Waals surface area contributed by atoms with E-state index in [1.54, 1.807) is 0 Å². The SMILES string of the molecule is CCCCCC=CCC=CCC=CCC=CCCC(C(N)=O)C1CC1. The summed E-state index contributed by atoms with van der Waals surface area (Å²) in [6.07, 6.45) is 30.2. The maximum Gasteiger partial charge on any atom is 0.220 e. The van der Waals surface area contributed by atoms with E-state index in [1.165, 1.54) is 38.5 Å². The molecule has 0 aromatic rings. The van der Waals surface area contributed by atoms with Crippen molar-refractivity contribution in [1.29, 1.82) is 0 Å². The minimum Gasteiger partial charge on any atom is -0.369 e. The number of unbranched alkanes of at least 4 members (excludes halogenated alkanes) is 3. The second-order valence-corrected chi connectivity index (χ2v) is 7.01. The lowest BCUT2D eigenvalue weighted by Crippen LogP contribution is -2.24. The van der Waals surface area contributed by atoms with E-state index in [9.17, 15) is 4.79 Å². The van der Waals surface area contributed by atoms with Crippen LogP contribution in [0, 0.1) is 11.8 Å². The van der Waals surface area contributed by atoms with Crippen LogP contribution in [0.15, 0.2) is 48.6 Å². The first-order valence-electron chi connectivity index (χ1n) is 10.1. The first-order valence-corrected chi connectivity index (χ1v) is 10.1. The van der Waals surface area contributed by atoms with Crippen molar-refractivity contribution in [1.82, 2.24) is 0 Å². The van der Waals surface area contributed by atoms with Crippen molar-refractivity contribution >= 4 is 5.91 Å². The molecule has 140 valence electrons. The van der Waals surface area contributed by atoms with Gasteiger partial charge in [0.25, 0.3) is 0 Å². The average Bonchev–Trinajstić information content (AvgIpc) is 3.42. The van der Waals surface area contributed by atoms with Gasteiger partial charge in [-0.1, -0.05) is 68.4 Å². The lowest BCUT2D eigenvalue weighted by Gasteiger charge is -2.09. The molecule has 0 aromatic carbocycles. The number of primary amides is 1.